The van der Waals surface area contributed by atoms with Gasteiger partial charge in [0.15, 0.2) is 6.29 Å². The molecule has 1 aliphatic heterocycles. The van der Waals surface area contributed by atoms with Crippen molar-refractivity contribution >= 4 is 0 Å². The molecular weight excluding hydrogens is 236 g/mol. The molecule has 0 amide bonds. The van der Waals surface area contributed by atoms with E-state index in [-0.39, 0.29) is 6.61 Å². The van der Waals surface area contributed by atoms with Crippen LogP contribution in [-0.2, 0) is 16.1 Å². The van der Waals surface area contributed by atoms with Gasteiger partial charge in [0.1, 0.15) is 6.10 Å². The van der Waals surface area contributed by atoms with Gasteiger partial charge in [-0.2, -0.15) is 0 Å². The van der Waals surface area contributed by atoms with E-state index >= 15 is 0 Å². The monoisotopic (exact) mass is 254 g/mol. The quantitative estimate of drug-likeness (QED) is 0.706. The van der Waals surface area contributed by atoms with Gasteiger partial charge in [-0.05, 0) is 5.56 Å². The van der Waals surface area contributed by atoms with Gasteiger partial charge < -0.3 is 24.8 Å². The number of benzene rings is 1. The van der Waals surface area contributed by atoms with Crippen LogP contribution >= 0.6 is 0 Å². The predicted molar refractivity (Wildman–Crippen MR) is 63.6 cm³/mol. The van der Waals surface area contributed by atoms with E-state index in [4.69, 9.17) is 14.6 Å². The lowest BCUT2D eigenvalue weighted by molar-refractivity contribution is -0.261. The van der Waals surface area contributed by atoms with Crippen molar-refractivity contribution in [3.63, 3.8) is 0 Å². The molecule has 4 atom stereocenters. The molecule has 0 saturated carbocycles. The van der Waals surface area contributed by atoms with Gasteiger partial charge in [-0.25, -0.2) is 0 Å². The van der Waals surface area contributed by atoms with Gasteiger partial charge in [0.25, 0.3) is 0 Å². The van der Waals surface area contributed by atoms with Crippen molar-refractivity contribution in [2.75, 3.05) is 6.61 Å². The Labute approximate surface area is 106 Å². The highest BCUT2D eigenvalue weighted by Crippen LogP contribution is 2.22. The van der Waals surface area contributed by atoms with Crippen LogP contribution in [0.5, 0.6) is 0 Å². The molecule has 0 aromatic heterocycles. The third-order valence-electron chi connectivity index (χ3n) is 3.01. The van der Waals surface area contributed by atoms with E-state index in [1.165, 1.54) is 0 Å². The first-order chi connectivity index (χ1) is 8.70. The van der Waals surface area contributed by atoms with E-state index in [0.717, 1.165) is 5.56 Å². The first-order valence-corrected chi connectivity index (χ1v) is 5.98. The molecule has 5 heteroatoms. The topological polar surface area (TPSA) is 79.2 Å². The average molecular weight is 254 g/mol. The molecule has 100 valence electrons. The fraction of sp³-hybridized carbons (Fsp3) is 0.538. The lowest BCUT2D eigenvalue weighted by atomic mass is 10.0. The van der Waals surface area contributed by atoms with E-state index in [0.29, 0.717) is 13.0 Å². The van der Waals surface area contributed by atoms with E-state index in [2.05, 4.69) is 0 Å². The molecule has 0 bridgehead atoms. The van der Waals surface area contributed by atoms with Crippen LogP contribution in [0, 0.1) is 0 Å². The highest BCUT2D eigenvalue weighted by molar-refractivity contribution is 5.13. The lowest BCUT2D eigenvalue weighted by Gasteiger charge is -2.36. The Balaban J connectivity index is 1.91. The minimum absolute atomic E-state index is 0.199. The van der Waals surface area contributed by atoms with Crippen LogP contribution in [0.1, 0.15) is 12.0 Å². The van der Waals surface area contributed by atoms with Crippen LogP contribution in [0.25, 0.3) is 0 Å². The smallest absolute Gasteiger partial charge is 0.183 e. The van der Waals surface area contributed by atoms with Gasteiger partial charge in [0.2, 0.25) is 0 Å². The minimum Gasteiger partial charge on any atom is -0.394 e. The van der Waals surface area contributed by atoms with Crippen molar-refractivity contribution in [1.82, 2.24) is 0 Å². The molecule has 1 saturated heterocycles. The van der Waals surface area contributed by atoms with E-state index < -0.39 is 24.6 Å². The normalized spacial score (nSPS) is 32.4. The van der Waals surface area contributed by atoms with Crippen molar-refractivity contribution in [3.05, 3.63) is 35.9 Å². The number of hydrogen-bond acceptors (Lipinski definition) is 5. The lowest BCUT2D eigenvalue weighted by Crippen LogP contribution is -2.50. The molecule has 2 rings (SSSR count). The molecule has 1 aromatic rings. The maximum absolute atomic E-state index is 9.75. The molecular formula is C13H18O5. The zero-order chi connectivity index (χ0) is 13.0. The number of hydrogen-bond donors (Lipinski definition) is 3. The second-order valence-corrected chi connectivity index (χ2v) is 4.39. The number of aliphatic hydroxyl groups excluding tert-OH is 3. The summed E-state index contributed by atoms with van der Waals surface area (Å²) >= 11 is 0. The molecule has 1 fully saturated rings. The molecule has 1 heterocycles. The molecule has 5 nitrogen and oxygen atoms in total. The molecule has 18 heavy (non-hydrogen) atoms. The highest BCUT2D eigenvalue weighted by Gasteiger charge is 2.37. The summed E-state index contributed by atoms with van der Waals surface area (Å²) in [5, 5.41) is 28.3. The standard InChI is InChI=1S/C13H18O5/c14-7-10-6-11(12(15)13(16)18-10)17-8-9-4-2-1-3-5-9/h1-5,10-16H,6-8H2. The molecule has 4 unspecified atom stereocenters. The van der Waals surface area contributed by atoms with Crippen molar-refractivity contribution in [3.8, 4) is 0 Å². The number of aliphatic hydroxyl groups is 3. The Morgan fingerprint density at radius 3 is 2.61 bits per heavy atom. The fourth-order valence-electron chi connectivity index (χ4n) is 1.98. The zero-order valence-electron chi connectivity index (χ0n) is 9.98. The fourth-order valence-corrected chi connectivity index (χ4v) is 1.98. The van der Waals surface area contributed by atoms with Crippen molar-refractivity contribution in [1.29, 1.82) is 0 Å². The van der Waals surface area contributed by atoms with Gasteiger partial charge in [-0.1, -0.05) is 30.3 Å². The summed E-state index contributed by atoms with van der Waals surface area (Å²) in [4.78, 5) is 0. The minimum atomic E-state index is -1.31. The Bertz CT molecular complexity index is 356. The molecule has 1 aliphatic rings. The molecule has 3 N–H and O–H groups in total. The third kappa shape index (κ3) is 3.28. The Kier molecular flexibility index (Phi) is 4.68. The zero-order valence-corrected chi connectivity index (χ0v) is 9.98. The van der Waals surface area contributed by atoms with Crippen LogP contribution in [0.4, 0.5) is 0 Å². The summed E-state index contributed by atoms with van der Waals surface area (Å²) in [5.74, 6) is 0. The molecule has 0 spiro atoms. The van der Waals surface area contributed by atoms with Gasteiger partial charge >= 0.3 is 0 Å². The second-order valence-electron chi connectivity index (χ2n) is 4.39. The maximum atomic E-state index is 9.75. The van der Waals surface area contributed by atoms with Crippen molar-refractivity contribution in [2.45, 2.75) is 37.6 Å². The van der Waals surface area contributed by atoms with Crippen LogP contribution in [0.3, 0.4) is 0 Å². The van der Waals surface area contributed by atoms with Crippen LogP contribution < -0.4 is 0 Å². The van der Waals surface area contributed by atoms with E-state index in [1.807, 2.05) is 30.3 Å². The van der Waals surface area contributed by atoms with E-state index in [9.17, 15) is 10.2 Å². The van der Waals surface area contributed by atoms with Crippen LogP contribution in [0.15, 0.2) is 30.3 Å². The summed E-state index contributed by atoms with van der Waals surface area (Å²) in [6.07, 6.45) is -3.06. The van der Waals surface area contributed by atoms with Gasteiger partial charge in [0, 0.05) is 6.42 Å². The molecule has 0 radical (unpaired) electrons. The van der Waals surface area contributed by atoms with Crippen molar-refractivity contribution in [2.24, 2.45) is 0 Å². The maximum Gasteiger partial charge on any atom is 0.183 e. The summed E-state index contributed by atoms with van der Waals surface area (Å²) in [7, 11) is 0. The van der Waals surface area contributed by atoms with Crippen LogP contribution in [-0.4, -0.2) is 46.5 Å². The summed E-state index contributed by atoms with van der Waals surface area (Å²) in [5.41, 5.74) is 0.992. The Hall–Kier alpha value is -0.980. The SMILES string of the molecule is OCC1CC(OCc2ccccc2)C(O)C(O)O1. The summed E-state index contributed by atoms with van der Waals surface area (Å²) in [6.45, 7) is 0.155. The van der Waals surface area contributed by atoms with Crippen LogP contribution in [0.2, 0.25) is 0 Å². The number of rotatable bonds is 4. The molecule has 1 aromatic carbocycles. The average Bonchev–Trinajstić information content (AvgIpc) is 2.41. The number of ether oxygens (including phenoxy) is 2. The summed E-state index contributed by atoms with van der Waals surface area (Å²) in [6, 6.07) is 9.57. The summed E-state index contributed by atoms with van der Waals surface area (Å²) < 4.78 is 10.6. The Morgan fingerprint density at radius 1 is 1.22 bits per heavy atom. The highest BCUT2D eigenvalue weighted by atomic mass is 16.6. The second kappa shape index (κ2) is 6.26. The molecule has 0 aliphatic carbocycles. The third-order valence-corrected chi connectivity index (χ3v) is 3.01. The predicted octanol–water partition coefficient (Wildman–Crippen LogP) is 0.0323. The van der Waals surface area contributed by atoms with Crippen molar-refractivity contribution < 1.29 is 24.8 Å². The van der Waals surface area contributed by atoms with Gasteiger partial charge in [-0.3, -0.25) is 0 Å². The van der Waals surface area contributed by atoms with E-state index in [1.54, 1.807) is 0 Å². The van der Waals surface area contributed by atoms with Gasteiger partial charge in [-0.15, -0.1) is 0 Å². The first-order valence-electron chi connectivity index (χ1n) is 5.98. The first kappa shape index (κ1) is 13.5. The largest absolute Gasteiger partial charge is 0.394 e. The Morgan fingerprint density at radius 2 is 1.94 bits per heavy atom. The van der Waals surface area contributed by atoms with Gasteiger partial charge in [0.05, 0.1) is 25.4 Å².